The first-order chi connectivity index (χ1) is 6.49. The first-order valence-corrected chi connectivity index (χ1v) is 4.51. The molecule has 1 rings (SSSR count). The van der Waals surface area contributed by atoms with E-state index in [4.69, 9.17) is 0 Å². The number of aliphatic hydroxyl groups excluding tert-OH is 3. The van der Waals surface area contributed by atoms with E-state index in [-0.39, 0.29) is 0 Å². The summed E-state index contributed by atoms with van der Waals surface area (Å²) in [4.78, 5) is 11.2. The lowest BCUT2D eigenvalue weighted by Gasteiger charge is -2.39. The van der Waals surface area contributed by atoms with E-state index in [1.807, 2.05) is 0 Å². The molecular weight excluding hydrogens is 188 g/mol. The Morgan fingerprint density at radius 1 is 1.21 bits per heavy atom. The van der Waals surface area contributed by atoms with E-state index in [2.05, 4.69) is 10.6 Å². The summed E-state index contributed by atoms with van der Waals surface area (Å²) in [7, 11) is 1.44. The van der Waals surface area contributed by atoms with Crippen molar-refractivity contribution in [2.45, 2.75) is 37.3 Å². The summed E-state index contributed by atoms with van der Waals surface area (Å²) >= 11 is 0. The van der Waals surface area contributed by atoms with Gasteiger partial charge in [0.25, 0.3) is 0 Å². The SMILES string of the molecule is CNC(=O)[C@H]1N[C@@H](C)[C@H](O)[C@@H](O)[C@H]1O. The van der Waals surface area contributed by atoms with Gasteiger partial charge >= 0.3 is 0 Å². The van der Waals surface area contributed by atoms with Gasteiger partial charge in [0, 0.05) is 13.1 Å². The van der Waals surface area contributed by atoms with Gasteiger partial charge in [-0.25, -0.2) is 0 Å². The van der Waals surface area contributed by atoms with E-state index in [1.54, 1.807) is 6.92 Å². The zero-order chi connectivity index (χ0) is 10.9. The fraction of sp³-hybridized carbons (Fsp3) is 0.875. The summed E-state index contributed by atoms with van der Waals surface area (Å²) in [6.45, 7) is 1.63. The molecule has 0 unspecified atom stereocenters. The molecule has 0 aromatic heterocycles. The topological polar surface area (TPSA) is 102 Å². The van der Waals surface area contributed by atoms with Gasteiger partial charge in [-0.15, -0.1) is 0 Å². The number of rotatable bonds is 1. The van der Waals surface area contributed by atoms with Gasteiger partial charge < -0.3 is 20.6 Å². The molecule has 0 spiro atoms. The van der Waals surface area contributed by atoms with Gasteiger partial charge in [-0.1, -0.05) is 0 Å². The standard InChI is InChI=1S/C8H16N2O4/c1-3-5(11)7(13)6(12)4(10-3)8(14)9-2/h3-7,10-13H,1-2H3,(H,9,14)/t3-,4-,5-,6-,7+/m0/s1. The van der Waals surface area contributed by atoms with Crippen LogP contribution >= 0.6 is 0 Å². The molecule has 5 N–H and O–H groups in total. The lowest BCUT2D eigenvalue weighted by atomic mass is 9.91. The highest BCUT2D eigenvalue weighted by atomic mass is 16.4. The number of carbonyl (C=O) groups is 1. The predicted molar refractivity (Wildman–Crippen MR) is 48.5 cm³/mol. The quantitative estimate of drug-likeness (QED) is 0.317. The van der Waals surface area contributed by atoms with Crippen LogP contribution in [-0.2, 0) is 4.79 Å². The molecule has 82 valence electrons. The highest BCUT2D eigenvalue weighted by Crippen LogP contribution is 2.15. The number of piperidine rings is 1. The van der Waals surface area contributed by atoms with Gasteiger partial charge in [-0.2, -0.15) is 0 Å². The van der Waals surface area contributed by atoms with Crippen molar-refractivity contribution in [1.82, 2.24) is 10.6 Å². The normalized spacial score (nSPS) is 43.4. The molecule has 0 aromatic carbocycles. The number of amides is 1. The maximum Gasteiger partial charge on any atom is 0.239 e. The predicted octanol–water partition coefficient (Wildman–Crippen LogP) is -2.82. The summed E-state index contributed by atoms with van der Waals surface area (Å²) in [5.74, 6) is -0.407. The van der Waals surface area contributed by atoms with Crippen molar-refractivity contribution in [3.05, 3.63) is 0 Å². The summed E-state index contributed by atoms with van der Waals surface area (Å²) in [5, 5.41) is 33.4. The van der Waals surface area contributed by atoms with Crippen molar-refractivity contribution in [3.8, 4) is 0 Å². The molecule has 1 aliphatic rings. The maximum absolute atomic E-state index is 11.2. The molecule has 0 aromatic rings. The number of hydrogen-bond donors (Lipinski definition) is 5. The molecule has 1 fully saturated rings. The molecule has 14 heavy (non-hydrogen) atoms. The van der Waals surface area contributed by atoms with Gasteiger partial charge in [0.05, 0.1) is 6.10 Å². The summed E-state index contributed by atoms with van der Waals surface area (Å²) < 4.78 is 0. The largest absolute Gasteiger partial charge is 0.389 e. The smallest absolute Gasteiger partial charge is 0.239 e. The molecule has 5 atom stereocenters. The minimum absolute atomic E-state index is 0.407. The van der Waals surface area contributed by atoms with Crippen LogP contribution in [0.15, 0.2) is 0 Å². The summed E-state index contributed by atoms with van der Waals surface area (Å²) in [6, 6.07) is -1.32. The molecule has 0 aliphatic carbocycles. The van der Waals surface area contributed by atoms with Gasteiger partial charge in [0.1, 0.15) is 18.2 Å². The van der Waals surface area contributed by atoms with E-state index >= 15 is 0 Å². The first-order valence-electron chi connectivity index (χ1n) is 4.51. The molecule has 0 saturated carbocycles. The van der Waals surface area contributed by atoms with Crippen molar-refractivity contribution in [1.29, 1.82) is 0 Å². The van der Waals surface area contributed by atoms with Crippen LogP contribution in [0.1, 0.15) is 6.92 Å². The second kappa shape index (κ2) is 4.22. The molecule has 1 heterocycles. The highest BCUT2D eigenvalue weighted by molar-refractivity contribution is 5.82. The van der Waals surface area contributed by atoms with Gasteiger partial charge in [0.2, 0.25) is 5.91 Å². The fourth-order valence-electron chi connectivity index (χ4n) is 1.56. The Kier molecular flexibility index (Phi) is 3.43. The van der Waals surface area contributed by atoms with Crippen LogP contribution in [0.2, 0.25) is 0 Å². The van der Waals surface area contributed by atoms with Crippen molar-refractivity contribution in [2.24, 2.45) is 0 Å². The number of aliphatic hydroxyl groups is 3. The van der Waals surface area contributed by atoms with Crippen molar-refractivity contribution >= 4 is 5.91 Å². The van der Waals surface area contributed by atoms with Crippen LogP contribution in [0, 0.1) is 0 Å². The number of nitrogens with one attached hydrogen (secondary N) is 2. The van der Waals surface area contributed by atoms with E-state index in [0.29, 0.717) is 0 Å². The molecule has 0 bridgehead atoms. The Balaban J connectivity index is 2.75. The average molecular weight is 204 g/mol. The van der Waals surface area contributed by atoms with Crippen molar-refractivity contribution in [2.75, 3.05) is 7.05 Å². The molecule has 6 heteroatoms. The van der Waals surface area contributed by atoms with Crippen molar-refractivity contribution in [3.63, 3.8) is 0 Å². The third-order valence-electron chi connectivity index (χ3n) is 2.52. The van der Waals surface area contributed by atoms with Crippen LogP contribution < -0.4 is 10.6 Å². The molecule has 1 aliphatic heterocycles. The maximum atomic E-state index is 11.2. The average Bonchev–Trinajstić information content (AvgIpc) is 2.19. The number of hydrogen-bond acceptors (Lipinski definition) is 5. The van der Waals surface area contributed by atoms with E-state index < -0.39 is 36.3 Å². The minimum Gasteiger partial charge on any atom is -0.389 e. The monoisotopic (exact) mass is 204 g/mol. The molecule has 1 saturated heterocycles. The third-order valence-corrected chi connectivity index (χ3v) is 2.52. The molecule has 0 radical (unpaired) electrons. The van der Waals surface area contributed by atoms with Crippen LogP contribution in [0.5, 0.6) is 0 Å². The van der Waals surface area contributed by atoms with E-state index in [9.17, 15) is 20.1 Å². The van der Waals surface area contributed by atoms with Gasteiger partial charge in [0.15, 0.2) is 0 Å². The second-order valence-electron chi connectivity index (χ2n) is 3.52. The highest BCUT2D eigenvalue weighted by Gasteiger charge is 2.43. The van der Waals surface area contributed by atoms with Crippen molar-refractivity contribution < 1.29 is 20.1 Å². The zero-order valence-corrected chi connectivity index (χ0v) is 8.14. The molecule has 6 nitrogen and oxygen atoms in total. The molecule has 1 amide bonds. The Hall–Kier alpha value is -0.690. The van der Waals surface area contributed by atoms with Gasteiger partial charge in [-0.05, 0) is 6.92 Å². The van der Waals surface area contributed by atoms with Crippen LogP contribution in [0.3, 0.4) is 0 Å². The number of carbonyl (C=O) groups excluding carboxylic acids is 1. The molecular formula is C8H16N2O4. The Labute approximate surface area is 81.9 Å². The summed E-state index contributed by atoms with van der Waals surface area (Å²) in [5.41, 5.74) is 0. The summed E-state index contributed by atoms with van der Waals surface area (Å²) in [6.07, 6.45) is -3.65. The second-order valence-corrected chi connectivity index (χ2v) is 3.52. The number of likely N-dealkylation sites (N-methyl/N-ethyl adjacent to an activating group) is 1. The Bertz CT molecular complexity index is 223. The third kappa shape index (κ3) is 1.88. The Morgan fingerprint density at radius 2 is 1.79 bits per heavy atom. The fourth-order valence-corrected chi connectivity index (χ4v) is 1.56. The van der Waals surface area contributed by atoms with Gasteiger partial charge in [-0.3, -0.25) is 10.1 Å². The van der Waals surface area contributed by atoms with Crippen LogP contribution in [0.25, 0.3) is 0 Å². The lowest BCUT2D eigenvalue weighted by molar-refractivity contribution is -0.141. The van der Waals surface area contributed by atoms with Crippen LogP contribution in [-0.4, -0.2) is 58.7 Å². The van der Waals surface area contributed by atoms with E-state index in [1.165, 1.54) is 7.05 Å². The minimum atomic E-state index is -1.30. The van der Waals surface area contributed by atoms with Crippen LogP contribution in [0.4, 0.5) is 0 Å². The van der Waals surface area contributed by atoms with E-state index in [0.717, 1.165) is 0 Å². The zero-order valence-electron chi connectivity index (χ0n) is 8.14. The Morgan fingerprint density at radius 3 is 2.29 bits per heavy atom. The lowest BCUT2D eigenvalue weighted by Crippen LogP contribution is -2.67. The first kappa shape index (κ1) is 11.4.